The molecule has 1 aromatic heterocycles. The summed E-state index contributed by atoms with van der Waals surface area (Å²) in [4.78, 5) is 0. The number of benzene rings is 2. The molecular formula is C14H12N2O. The normalized spacial score (nSPS) is 10.6. The molecule has 2 aromatic carbocycles. The fourth-order valence-electron chi connectivity index (χ4n) is 1.83. The lowest BCUT2D eigenvalue weighted by atomic mass is 10.2. The first-order chi connectivity index (χ1) is 8.34. The highest BCUT2D eigenvalue weighted by molar-refractivity contribution is 5.93. The highest BCUT2D eigenvalue weighted by Crippen LogP contribution is 2.30. The number of rotatable bonds is 2. The number of nitrogen functional groups attached to an aromatic ring is 1. The van der Waals surface area contributed by atoms with Gasteiger partial charge >= 0.3 is 0 Å². The van der Waals surface area contributed by atoms with Gasteiger partial charge in [0.25, 0.3) is 0 Å². The average molecular weight is 224 g/mol. The van der Waals surface area contributed by atoms with Gasteiger partial charge in [0.2, 0.25) is 0 Å². The quantitative estimate of drug-likeness (QED) is 0.651. The lowest BCUT2D eigenvalue weighted by Crippen LogP contribution is -1.94. The molecule has 3 aromatic rings. The van der Waals surface area contributed by atoms with E-state index < -0.39 is 0 Å². The van der Waals surface area contributed by atoms with Crippen molar-refractivity contribution in [2.24, 2.45) is 0 Å². The lowest BCUT2D eigenvalue weighted by molar-refractivity contribution is 0.617. The summed E-state index contributed by atoms with van der Waals surface area (Å²) in [6, 6.07) is 15.6. The molecule has 3 N–H and O–H groups in total. The van der Waals surface area contributed by atoms with Crippen LogP contribution in [-0.4, -0.2) is 0 Å². The van der Waals surface area contributed by atoms with Gasteiger partial charge in [-0.3, -0.25) is 0 Å². The molecule has 0 aliphatic rings. The number of hydrogen-bond acceptors (Lipinski definition) is 3. The minimum Gasteiger partial charge on any atom is -0.462 e. The minimum absolute atomic E-state index is 0.720. The Morgan fingerprint density at radius 3 is 2.53 bits per heavy atom. The molecule has 1 heterocycles. The van der Waals surface area contributed by atoms with Crippen molar-refractivity contribution in [2.75, 3.05) is 11.1 Å². The fourth-order valence-corrected chi connectivity index (χ4v) is 1.83. The maximum absolute atomic E-state index is 5.89. The third-order valence-electron chi connectivity index (χ3n) is 2.71. The second kappa shape index (κ2) is 3.87. The van der Waals surface area contributed by atoms with Gasteiger partial charge < -0.3 is 15.5 Å². The van der Waals surface area contributed by atoms with E-state index in [0.717, 1.165) is 28.0 Å². The molecular weight excluding hydrogens is 212 g/mol. The zero-order valence-electron chi connectivity index (χ0n) is 9.18. The molecule has 84 valence electrons. The molecule has 0 saturated carbocycles. The number of fused-ring (bicyclic) bond motifs is 1. The first-order valence-electron chi connectivity index (χ1n) is 5.42. The van der Waals surface area contributed by atoms with Crippen LogP contribution in [0.15, 0.2) is 59.2 Å². The number of anilines is 3. The zero-order valence-corrected chi connectivity index (χ0v) is 9.18. The Labute approximate surface area is 98.9 Å². The molecule has 0 fully saturated rings. The van der Waals surface area contributed by atoms with E-state index in [4.69, 9.17) is 10.2 Å². The molecule has 0 spiro atoms. The molecule has 3 heteroatoms. The molecule has 3 nitrogen and oxygen atoms in total. The van der Waals surface area contributed by atoms with E-state index in [0.29, 0.717) is 0 Å². The summed E-state index contributed by atoms with van der Waals surface area (Å²) in [5.74, 6) is 0. The SMILES string of the molecule is Nc1ccccc1Nc1coc2ccccc12. The van der Waals surface area contributed by atoms with Crippen molar-refractivity contribution in [3.8, 4) is 0 Å². The number of nitrogens with two attached hydrogens (primary N) is 1. The predicted molar refractivity (Wildman–Crippen MR) is 70.4 cm³/mol. The Kier molecular flexibility index (Phi) is 2.22. The van der Waals surface area contributed by atoms with E-state index in [9.17, 15) is 0 Å². The second-order valence-electron chi connectivity index (χ2n) is 3.86. The molecule has 0 aliphatic heterocycles. The summed E-state index contributed by atoms with van der Waals surface area (Å²) in [6.45, 7) is 0. The number of hydrogen-bond donors (Lipinski definition) is 2. The maximum Gasteiger partial charge on any atom is 0.136 e. The van der Waals surface area contributed by atoms with Crippen molar-refractivity contribution in [1.82, 2.24) is 0 Å². The summed E-state index contributed by atoms with van der Waals surface area (Å²) < 4.78 is 5.46. The van der Waals surface area contributed by atoms with Crippen molar-refractivity contribution in [3.63, 3.8) is 0 Å². The van der Waals surface area contributed by atoms with Gasteiger partial charge in [-0.25, -0.2) is 0 Å². The first-order valence-corrected chi connectivity index (χ1v) is 5.42. The van der Waals surface area contributed by atoms with Crippen molar-refractivity contribution >= 4 is 28.0 Å². The molecule has 3 rings (SSSR count). The molecule has 0 bridgehead atoms. The van der Waals surface area contributed by atoms with Gasteiger partial charge in [-0.2, -0.15) is 0 Å². The van der Waals surface area contributed by atoms with Crippen LogP contribution < -0.4 is 11.1 Å². The van der Waals surface area contributed by atoms with Gasteiger partial charge in [0, 0.05) is 5.39 Å². The summed E-state index contributed by atoms with van der Waals surface area (Å²) in [7, 11) is 0. The molecule has 0 aliphatic carbocycles. The largest absolute Gasteiger partial charge is 0.462 e. The van der Waals surface area contributed by atoms with Crippen LogP contribution in [0.3, 0.4) is 0 Å². The van der Waals surface area contributed by atoms with Crippen molar-refractivity contribution in [3.05, 3.63) is 54.8 Å². The van der Waals surface area contributed by atoms with E-state index in [1.165, 1.54) is 0 Å². The lowest BCUT2D eigenvalue weighted by Gasteiger charge is -2.06. The van der Waals surface area contributed by atoms with Gasteiger partial charge in [-0.15, -0.1) is 0 Å². The summed E-state index contributed by atoms with van der Waals surface area (Å²) in [5.41, 5.74) is 9.29. The molecule has 0 atom stereocenters. The summed E-state index contributed by atoms with van der Waals surface area (Å²) in [5, 5.41) is 4.33. The van der Waals surface area contributed by atoms with E-state index in [1.807, 2.05) is 48.5 Å². The monoisotopic (exact) mass is 224 g/mol. The summed E-state index contributed by atoms with van der Waals surface area (Å²) >= 11 is 0. The Morgan fingerprint density at radius 1 is 0.882 bits per heavy atom. The van der Waals surface area contributed by atoms with Crippen LogP contribution in [0.25, 0.3) is 11.0 Å². The average Bonchev–Trinajstić information content (AvgIpc) is 2.76. The van der Waals surface area contributed by atoms with Crippen molar-refractivity contribution < 1.29 is 4.42 Å². The van der Waals surface area contributed by atoms with Gasteiger partial charge in [0.05, 0.1) is 17.1 Å². The predicted octanol–water partition coefficient (Wildman–Crippen LogP) is 3.76. The maximum atomic E-state index is 5.89. The first kappa shape index (κ1) is 9.78. The zero-order chi connectivity index (χ0) is 11.7. The molecule has 17 heavy (non-hydrogen) atoms. The van der Waals surface area contributed by atoms with Crippen LogP contribution in [0.4, 0.5) is 17.1 Å². The van der Waals surface area contributed by atoms with Gasteiger partial charge in [0.15, 0.2) is 0 Å². The third kappa shape index (κ3) is 1.72. The van der Waals surface area contributed by atoms with Crippen LogP contribution in [0.2, 0.25) is 0 Å². The summed E-state index contributed by atoms with van der Waals surface area (Å²) in [6.07, 6.45) is 1.71. The van der Waals surface area contributed by atoms with Crippen LogP contribution in [-0.2, 0) is 0 Å². The fraction of sp³-hybridized carbons (Fsp3) is 0. The van der Waals surface area contributed by atoms with Crippen LogP contribution >= 0.6 is 0 Å². The number of para-hydroxylation sites is 3. The Bertz CT molecular complexity index is 658. The molecule has 0 saturated heterocycles. The van der Waals surface area contributed by atoms with Crippen LogP contribution in [0.5, 0.6) is 0 Å². The van der Waals surface area contributed by atoms with Gasteiger partial charge in [0.1, 0.15) is 11.8 Å². The Morgan fingerprint density at radius 2 is 1.65 bits per heavy atom. The van der Waals surface area contributed by atoms with Crippen LogP contribution in [0, 0.1) is 0 Å². The smallest absolute Gasteiger partial charge is 0.136 e. The van der Waals surface area contributed by atoms with Crippen LogP contribution in [0.1, 0.15) is 0 Å². The van der Waals surface area contributed by atoms with Crippen molar-refractivity contribution in [2.45, 2.75) is 0 Å². The van der Waals surface area contributed by atoms with E-state index in [1.54, 1.807) is 6.26 Å². The van der Waals surface area contributed by atoms with Gasteiger partial charge in [-0.05, 0) is 24.3 Å². The standard InChI is InChI=1S/C14H12N2O/c15-11-6-2-3-7-12(11)16-13-9-17-14-8-4-1-5-10(13)14/h1-9,16H,15H2. The topological polar surface area (TPSA) is 51.2 Å². The molecule has 0 amide bonds. The molecule has 0 radical (unpaired) electrons. The van der Waals surface area contributed by atoms with Gasteiger partial charge in [-0.1, -0.05) is 24.3 Å². The molecule has 0 unspecified atom stereocenters. The third-order valence-corrected chi connectivity index (χ3v) is 2.71. The Hall–Kier alpha value is -2.42. The van der Waals surface area contributed by atoms with E-state index in [-0.39, 0.29) is 0 Å². The second-order valence-corrected chi connectivity index (χ2v) is 3.86. The van der Waals surface area contributed by atoms with Crippen molar-refractivity contribution in [1.29, 1.82) is 0 Å². The Balaban J connectivity index is 2.03. The minimum atomic E-state index is 0.720. The highest BCUT2D eigenvalue weighted by Gasteiger charge is 2.05. The van der Waals surface area contributed by atoms with E-state index in [2.05, 4.69) is 5.32 Å². The number of nitrogens with one attached hydrogen (secondary N) is 1. The highest BCUT2D eigenvalue weighted by atomic mass is 16.3. The van der Waals surface area contributed by atoms with E-state index >= 15 is 0 Å². The number of furan rings is 1.